The maximum absolute atomic E-state index is 12.3. The second-order valence-corrected chi connectivity index (χ2v) is 11.1. The molecule has 2 heterocycles. The summed E-state index contributed by atoms with van der Waals surface area (Å²) in [5, 5.41) is 11.4. The first-order valence-electron chi connectivity index (χ1n) is 12.8. The lowest BCUT2D eigenvalue weighted by molar-refractivity contribution is -0.0755. The summed E-state index contributed by atoms with van der Waals surface area (Å²) in [6, 6.07) is 14.0. The van der Waals surface area contributed by atoms with Crippen molar-refractivity contribution in [3.63, 3.8) is 0 Å². The quantitative estimate of drug-likeness (QED) is 0.292. The van der Waals surface area contributed by atoms with Gasteiger partial charge in [0, 0.05) is 30.2 Å². The first-order valence-corrected chi connectivity index (χ1v) is 12.8. The molecule has 0 fully saturated rings. The first-order chi connectivity index (χ1) is 19.0. The summed E-state index contributed by atoms with van der Waals surface area (Å²) < 4.78 is 13.2. The van der Waals surface area contributed by atoms with Gasteiger partial charge in [-0.25, -0.2) is 19.4 Å². The van der Waals surface area contributed by atoms with Crippen molar-refractivity contribution < 1.29 is 38.6 Å². The van der Waals surface area contributed by atoms with Gasteiger partial charge in [0.2, 0.25) is 0 Å². The van der Waals surface area contributed by atoms with E-state index in [1.807, 2.05) is 6.07 Å². The van der Waals surface area contributed by atoms with Crippen molar-refractivity contribution in [1.82, 2.24) is 14.2 Å². The molecule has 0 aliphatic carbocycles. The van der Waals surface area contributed by atoms with Gasteiger partial charge in [0.25, 0.3) is 5.91 Å². The lowest BCUT2D eigenvalue weighted by Gasteiger charge is -2.19. The number of carboxylic acid groups (broad SMARTS) is 1. The van der Waals surface area contributed by atoms with Gasteiger partial charge in [-0.1, -0.05) is 36.4 Å². The fraction of sp³-hybridized carbons (Fsp3) is 0.333. The maximum Gasteiger partial charge on any atom is 0.419 e. The normalized spacial score (nSPS) is 11.5. The molecule has 0 spiro atoms. The predicted octanol–water partition coefficient (Wildman–Crippen LogP) is 6.18. The highest BCUT2D eigenvalue weighted by molar-refractivity contribution is 6.08. The van der Waals surface area contributed by atoms with E-state index < -0.39 is 29.4 Å². The second kappa shape index (κ2) is 11.8. The minimum Gasteiger partial charge on any atom is -0.478 e. The van der Waals surface area contributed by atoms with E-state index in [4.69, 9.17) is 19.4 Å². The molecule has 11 nitrogen and oxygen atoms in total. The van der Waals surface area contributed by atoms with E-state index in [0.29, 0.717) is 27.4 Å². The Kier molecular flexibility index (Phi) is 8.93. The standard InChI is InChI=1S/C16H20N2O4.C14H15NO4/c1-16(2,3)22-15(20)18-10-12(14(19)17(4)21-5)11-8-6-7-9-13(11)18;1-14(2,3)19-13(18)15-8-10(12(16)17)9-6-4-5-7-11(9)15/h6-10H,1-5H3;4-8H,1-3H3,(H,16,17). The maximum atomic E-state index is 12.3. The lowest BCUT2D eigenvalue weighted by atomic mass is 10.1. The predicted molar refractivity (Wildman–Crippen MR) is 153 cm³/mol. The number of nitrogens with zero attached hydrogens (tertiary/aromatic N) is 3. The number of carbonyl (C=O) groups excluding carboxylic acids is 3. The molecule has 0 bridgehead atoms. The lowest BCUT2D eigenvalue weighted by Crippen LogP contribution is -2.27. The molecule has 0 radical (unpaired) electrons. The number of para-hydroxylation sites is 2. The van der Waals surface area contributed by atoms with Gasteiger partial charge in [0.05, 0.1) is 29.3 Å². The summed E-state index contributed by atoms with van der Waals surface area (Å²) in [5.41, 5.74) is 0.355. The van der Waals surface area contributed by atoms with E-state index in [-0.39, 0.29) is 11.5 Å². The summed E-state index contributed by atoms with van der Waals surface area (Å²) in [7, 11) is 2.92. The summed E-state index contributed by atoms with van der Waals surface area (Å²) in [4.78, 5) is 52.8. The molecule has 2 aromatic carbocycles. The van der Waals surface area contributed by atoms with E-state index in [1.54, 1.807) is 84.0 Å². The van der Waals surface area contributed by atoms with Crippen LogP contribution in [0.15, 0.2) is 60.9 Å². The molecular formula is C30H35N3O8. The molecule has 41 heavy (non-hydrogen) atoms. The van der Waals surface area contributed by atoms with Crippen molar-refractivity contribution in [1.29, 1.82) is 0 Å². The smallest absolute Gasteiger partial charge is 0.419 e. The van der Waals surface area contributed by atoms with Crippen LogP contribution in [-0.2, 0) is 14.3 Å². The number of carboxylic acids is 1. The third kappa shape index (κ3) is 7.31. The van der Waals surface area contributed by atoms with Crippen LogP contribution in [0.25, 0.3) is 21.8 Å². The molecule has 4 aromatic rings. The van der Waals surface area contributed by atoms with Crippen LogP contribution < -0.4 is 0 Å². The molecule has 0 aliphatic heterocycles. The SMILES string of the molecule is CC(C)(C)OC(=O)n1cc(C(=O)O)c2ccccc21.CON(C)C(=O)c1cn(C(=O)OC(C)(C)C)c2ccccc12. The fourth-order valence-electron chi connectivity index (χ4n) is 3.88. The second-order valence-electron chi connectivity index (χ2n) is 11.1. The average molecular weight is 566 g/mol. The van der Waals surface area contributed by atoms with Gasteiger partial charge in [0.15, 0.2) is 0 Å². The van der Waals surface area contributed by atoms with Gasteiger partial charge in [-0.2, -0.15) is 0 Å². The molecule has 0 saturated heterocycles. The number of hydroxylamine groups is 2. The van der Waals surface area contributed by atoms with Crippen molar-refractivity contribution in [2.45, 2.75) is 52.7 Å². The number of hydrogen-bond acceptors (Lipinski definition) is 7. The molecule has 1 N–H and O–H groups in total. The zero-order chi connectivity index (χ0) is 30.7. The third-order valence-electron chi connectivity index (χ3n) is 5.62. The Morgan fingerprint density at radius 3 is 1.49 bits per heavy atom. The van der Waals surface area contributed by atoms with Crippen LogP contribution in [-0.4, -0.2) is 68.7 Å². The highest BCUT2D eigenvalue weighted by Crippen LogP contribution is 2.25. The Hall–Kier alpha value is -4.64. The fourth-order valence-corrected chi connectivity index (χ4v) is 3.88. The zero-order valence-corrected chi connectivity index (χ0v) is 24.4. The van der Waals surface area contributed by atoms with E-state index in [2.05, 4.69) is 0 Å². The molecule has 0 unspecified atom stereocenters. The molecule has 1 amide bonds. The van der Waals surface area contributed by atoms with Crippen molar-refractivity contribution in [2.24, 2.45) is 0 Å². The van der Waals surface area contributed by atoms with Crippen molar-refractivity contribution in [3.05, 3.63) is 72.1 Å². The third-order valence-corrected chi connectivity index (χ3v) is 5.62. The van der Waals surface area contributed by atoms with E-state index in [1.165, 1.54) is 35.7 Å². The minimum atomic E-state index is -1.07. The zero-order valence-electron chi connectivity index (χ0n) is 24.4. The monoisotopic (exact) mass is 565 g/mol. The van der Waals surface area contributed by atoms with Crippen LogP contribution in [0, 0.1) is 0 Å². The molecule has 0 atom stereocenters. The van der Waals surface area contributed by atoms with Gasteiger partial charge >= 0.3 is 18.2 Å². The van der Waals surface area contributed by atoms with Gasteiger partial charge in [-0.05, 0) is 53.7 Å². The first kappa shape index (κ1) is 30.9. The Balaban J connectivity index is 0.000000228. The number of rotatable bonds is 3. The van der Waals surface area contributed by atoms with E-state index in [9.17, 15) is 19.2 Å². The molecule has 4 rings (SSSR count). The summed E-state index contributed by atoms with van der Waals surface area (Å²) >= 11 is 0. The Labute approximate surface area is 237 Å². The van der Waals surface area contributed by atoms with Gasteiger partial charge in [0.1, 0.15) is 11.2 Å². The Morgan fingerprint density at radius 1 is 0.707 bits per heavy atom. The van der Waals surface area contributed by atoms with Gasteiger partial charge in [-0.3, -0.25) is 18.8 Å². The molecule has 0 saturated carbocycles. The topological polar surface area (TPSA) is 129 Å². The van der Waals surface area contributed by atoms with Crippen LogP contribution in [0.5, 0.6) is 0 Å². The number of aromatic nitrogens is 2. The molecule has 218 valence electrons. The highest BCUT2D eigenvalue weighted by Gasteiger charge is 2.25. The van der Waals surface area contributed by atoms with Crippen LogP contribution >= 0.6 is 0 Å². The number of amides is 1. The van der Waals surface area contributed by atoms with Crippen LogP contribution in [0.3, 0.4) is 0 Å². The number of ether oxygens (including phenoxy) is 2. The molecule has 0 aliphatic rings. The molecule has 11 heteroatoms. The van der Waals surface area contributed by atoms with Crippen LogP contribution in [0.4, 0.5) is 9.59 Å². The van der Waals surface area contributed by atoms with Crippen molar-refractivity contribution >= 4 is 45.9 Å². The summed E-state index contributed by atoms with van der Waals surface area (Å²) in [5.74, 6) is -1.40. The molecular weight excluding hydrogens is 530 g/mol. The Morgan fingerprint density at radius 2 is 1.10 bits per heavy atom. The average Bonchev–Trinajstić information content (AvgIpc) is 3.46. The van der Waals surface area contributed by atoms with E-state index in [0.717, 1.165) is 5.06 Å². The van der Waals surface area contributed by atoms with Crippen LogP contribution in [0.1, 0.15) is 62.3 Å². The number of benzene rings is 2. The number of carbonyl (C=O) groups is 4. The van der Waals surface area contributed by atoms with E-state index >= 15 is 0 Å². The highest BCUT2D eigenvalue weighted by atomic mass is 16.7. The molecule has 2 aromatic heterocycles. The van der Waals surface area contributed by atoms with Gasteiger partial charge in [-0.15, -0.1) is 0 Å². The number of aromatic carboxylic acids is 1. The summed E-state index contributed by atoms with van der Waals surface area (Å²) in [6.07, 6.45) is 1.66. The van der Waals surface area contributed by atoms with Gasteiger partial charge < -0.3 is 14.6 Å². The van der Waals surface area contributed by atoms with Crippen molar-refractivity contribution in [3.8, 4) is 0 Å². The minimum absolute atomic E-state index is 0.0847. The van der Waals surface area contributed by atoms with Crippen LogP contribution in [0.2, 0.25) is 0 Å². The Bertz CT molecular complexity index is 1600. The number of hydrogen-bond donors (Lipinski definition) is 1. The number of fused-ring (bicyclic) bond motifs is 2. The van der Waals surface area contributed by atoms with Crippen molar-refractivity contribution in [2.75, 3.05) is 14.2 Å². The largest absolute Gasteiger partial charge is 0.478 e. The summed E-state index contributed by atoms with van der Waals surface area (Å²) in [6.45, 7) is 10.7.